The Morgan fingerprint density at radius 2 is 1.81 bits per heavy atom. The Hall–Kier alpha value is -4.27. The molecule has 2 aromatic carbocycles. The molecule has 0 spiro atoms. The molecule has 0 aliphatic rings. The number of amides is 2. The number of nitrogens with zero attached hydrogens (tertiary/aromatic N) is 2. The van der Waals surface area contributed by atoms with Gasteiger partial charge in [-0.3, -0.25) is 19.9 Å². The summed E-state index contributed by atoms with van der Waals surface area (Å²) in [6, 6.07) is 15.7. The number of nitrogens with one attached hydrogen (secondary N) is 2. The minimum atomic E-state index is -0.707. The molecule has 0 unspecified atom stereocenters. The van der Waals surface area contributed by atoms with Crippen LogP contribution < -0.4 is 10.6 Å². The number of aromatic nitrogens is 1. The van der Waals surface area contributed by atoms with Crippen LogP contribution in [-0.2, 0) is 11.3 Å². The first-order valence-corrected chi connectivity index (χ1v) is 9.41. The topological polar surface area (TPSA) is 123 Å². The quantitative estimate of drug-likeness (QED) is 0.435. The molecule has 158 valence electrons. The van der Waals surface area contributed by atoms with Gasteiger partial charge in [0.2, 0.25) is 0 Å². The first-order chi connectivity index (χ1) is 14.9. The lowest BCUT2D eigenvalue weighted by Gasteiger charge is -2.15. The van der Waals surface area contributed by atoms with Gasteiger partial charge in [0.25, 0.3) is 11.6 Å². The number of rotatable bonds is 7. The highest BCUT2D eigenvalue weighted by Gasteiger charge is 2.23. The number of pyridine rings is 1. The van der Waals surface area contributed by atoms with Gasteiger partial charge in [0.1, 0.15) is 6.61 Å². The van der Waals surface area contributed by atoms with E-state index < -0.39 is 23.0 Å². The van der Waals surface area contributed by atoms with Crippen LogP contribution in [0.4, 0.5) is 16.2 Å². The van der Waals surface area contributed by atoms with Crippen LogP contribution in [0.5, 0.6) is 0 Å². The van der Waals surface area contributed by atoms with E-state index in [9.17, 15) is 19.7 Å². The molecule has 0 bridgehead atoms. The lowest BCUT2D eigenvalue weighted by atomic mass is 10.0. The smallest absolute Gasteiger partial charge is 0.407 e. The summed E-state index contributed by atoms with van der Waals surface area (Å²) in [6.07, 6.45) is 2.33. The van der Waals surface area contributed by atoms with Gasteiger partial charge in [-0.05, 0) is 36.8 Å². The van der Waals surface area contributed by atoms with Crippen LogP contribution >= 0.6 is 0 Å². The minimum absolute atomic E-state index is 0.0790. The van der Waals surface area contributed by atoms with Gasteiger partial charge >= 0.3 is 6.09 Å². The summed E-state index contributed by atoms with van der Waals surface area (Å²) >= 11 is 0. The Labute approximate surface area is 178 Å². The van der Waals surface area contributed by atoms with Crippen LogP contribution in [0.2, 0.25) is 0 Å². The second-order valence-electron chi connectivity index (χ2n) is 6.65. The fourth-order valence-electron chi connectivity index (χ4n) is 2.87. The molecule has 0 radical (unpaired) electrons. The first-order valence-electron chi connectivity index (χ1n) is 9.41. The third-order valence-corrected chi connectivity index (χ3v) is 4.44. The van der Waals surface area contributed by atoms with Gasteiger partial charge in [-0.2, -0.15) is 0 Å². The highest BCUT2D eigenvalue weighted by Crippen LogP contribution is 2.27. The van der Waals surface area contributed by atoms with Crippen LogP contribution in [0, 0.1) is 10.1 Å². The summed E-state index contributed by atoms with van der Waals surface area (Å²) in [7, 11) is 0. The van der Waals surface area contributed by atoms with Crippen LogP contribution in [-0.4, -0.2) is 21.9 Å². The fourth-order valence-corrected chi connectivity index (χ4v) is 2.87. The second-order valence-corrected chi connectivity index (χ2v) is 6.65. The summed E-state index contributed by atoms with van der Waals surface area (Å²) in [5, 5.41) is 16.8. The minimum Gasteiger partial charge on any atom is -0.445 e. The van der Waals surface area contributed by atoms with E-state index in [0.717, 1.165) is 5.56 Å². The van der Waals surface area contributed by atoms with Crippen molar-refractivity contribution in [3.8, 4) is 0 Å². The summed E-state index contributed by atoms with van der Waals surface area (Å²) < 4.78 is 5.16. The van der Waals surface area contributed by atoms with Gasteiger partial charge < -0.3 is 15.4 Å². The molecule has 1 atom stereocenters. The van der Waals surface area contributed by atoms with E-state index in [2.05, 4.69) is 15.6 Å². The number of nitro benzene ring substituents is 1. The number of nitro groups is 1. The van der Waals surface area contributed by atoms with Gasteiger partial charge in [-0.25, -0.2) is 4.79 Å². The molecule has 0 aliphatic heterocycles. The predicted octanol–water partition coefficient (Wildman–Crippen LogP) is 4.23. The lowest BCUT2D eigenvalue weighted by molar-refractivity contribution is -0.385. The molecule has 2 amide bonds. The Morgan fingerprint density at radius 1 is 1.10 bits per heavy atom. The van der Waals surface area contributed by atoms with Crippen LogP contribution in [0.1, 0.15) is 34.5 Å². The summed E-state index contributed by atoms with van der Waals surface area (Å²) in [5.74, 6) is -0.497. The Morgan fingerprint density at radius 3 is 2.48 bits per heavy atom. The van der Waals surface area contributed by atoms with Crippen LogP contribution in [0.3, 0.4) is 0 Å². The number of carbonyl (C=O) groups is 2. The van der Waals surface area contributed by atoms with Gasteiger partial charge in [-0.1, -0.05) is 30.3 Å². The number of hydrogen-bond donors (Lipinski definition) is 2. The molecule has 1 heterocycles. The van der Waals surface area contributed by atoms with Gasteiger partial charge in [0, 0.05) is 29.7 Å². The molecule has 0 fully saturated rings. The maximum atomic E-state index is 12.4. The molecular weight excluding hydrogens is 400 g/mol. The SMILES string of the molecule is C[C@@H](NC(=O)OCc1ccccc1)c1ccc(C(=O)Nc2ccncc2)cc1[N+](=O)[O-]. The normalized spacial score (nSPS) is 11.3. The summed E-state index contributed by atoms with van der Waals surface area (Å²) in [5.41, 5.74) is 1.43. The van der Waals surface area contributed by atoms with Gasteiger partial charge in [0.05, 0.1) is 16.5 Å². The summed E-state index contributed by atoms with van der Waals surface area (Å²) in [6.45, 7) is 1.68. The second kappa shape index (κ2) is 9.97. The van der Waals surface area contributed by atoms with Crippen molar-refractivity contribution in [2.24, 2.45) is 0 Å². The average molecular weight is 420 g/mol. The van der Waals surface area contributed by atoms with Crippen molar-refractivity contribution in [2.75, 3.05) is 5.32 Å². The predicted molar refractivity (Wildman–Crippen MR) is 113 cm³/mol. The molecule has 31 heavy (non-hydrogen) atoms. The zero-order chi connectivity index (χ0) is 22.2. The first kappa shape index (κ1) is 21.4. The highest BCUT2D eigenvalue weighted by molar-refractivity contribution is 6.04. The standard InChI is InChI=1S/C22H20N4O5/c1-15(24-22(28)31-14-16-5-3-2-4-6-16)19-8-7-17(13-20(19)26(29)30)21(27)25-18-9-11-23-12-10-18/h2-13,15H,14H2,1H3,(H,24,28)(H,23,25,27)/t15-/m1/s1. The van der Waals surface area contributed by atoms with E-state index in [1.165, 1.54) is 30.6 Å². The van der Waals surface area contributed by atoms with Crippen molar-refractivity contribution >= 4 is 23.4 Å². The van der Waals surface area contributed by atoms with Gasteiger partial charge in [0.15, 0.2) is 0 Å². The van der Waals surface area contributed by atoms with E-state index in [1.807, 2.05) is 30.3 Å². The monoisotopic (exact) mass is 420 g/mol. The van der Waals surface area contributed by atoms with Crippen LogP contribution in [0.15, 0.2) is 73.1 Å². The molecule has 2 N–H and O–H groups in total. The Balaban J connectivity index is 1.69. The molecule has 0 saturated heterocycles. The fraction of sp³-hybridized carbons (Fsp3) is 0.136. The molecule has 3 aromatic rings. The number of ether oxygens (including phenoxy) is 1. The molecular formula is C22H20N4O5. The number of alkyl carbamates (subject to hydrolysis) is 1. The van der Waals surface area contributed by atoms with Crippen LogP contribution in [0.25, 0.3) is 0 Å². The zero-order valence-electron chi connectivity index (χ0n) is 16.6. The largest absolute Gasteiger partial charge is 0.445 e. The number of anilines is 1. The van der Waals surface area contributed by atoms with E-state index in [0.29, 0.717) is 5.69 Å². The van der Waals surface area contributed by atoms with Crippen molar-refractivity contribution < 1.29 is 19.2 Å². The maximum Gasteiger partial charge on any atom is 0.407 e. The van der Waals surface area contributed by atoms with Crippen molar-refractivity contribution in [3.05, 3.63) is 99.9 Å². The Bertz CT molecular complexity index is 1070. The van der Waals surface area contributed by atoms with Crippen molar-refractivity contribution in [3.63, 3.8) is 0 Å². The van der Waals surface area contributed by atoms with E-state index in [-0.39, 0.29) is 23.4 Å². The molecule has 0 saturated carbocycles. The number of benzene rings is 2. The number of carbonyl (C=O) groups excluding carboxylic acids is 2. The molecule has 9 heteroatoms. The number of hydrogen-bond acceptors (Lipinski definition) is 6. The van der Waals surface area contributed by atoms with E-state index >= 15 is 0 Å². The maximum absolute atomic E-state index is 12.4. The molecule has 1 aromatic heterocycles. The highest BCUT2D eigenvalue weighted by atomic mass is 16.6. The molecule has 0 aliphatic carbocycles. The Kier molecular flexibility index (Phi) is 6.89. The molecule has 3 rings (SSSR count). The van der Waals surface area contributed by atoms with E-state index in [1.54, 1.807) is 19.1 Å². The van der Waals surface area contributed by atoms with Gasteiger partial charge in [-0.15, -0.1) is 0 Å². The average Bonchev–Trinajstić information content (AvgIpc) is 2.78. The van der Waals surface area contributed by atoms with Crippen molar-refractivity contribution in [2.45, 2.75) is 19.6 Å². The third kappa shape index (κ3) is 5.86. The zero-order valence-corrected chi connectivity index (χ0v) is 16.6. The lowest BCUT2D eigenvalue weighted by Crippen LogP contribution is -2.28. The summed E-state index contributed by atoms with van der Waals surface area (Å²) in [4.78, 5) is 39.4. The van der Waals surface area contributed by atoms with Crippen molar-refractivity contribution in [1.29, 1.82) is 0 Å². The molecule has 9 nitrogen and oxygen atoms in total. The third-order valence-electron chi connectivity index (χ3n) is 4.44. The van der Waals surface area contributed by atoms with Crippen molar-refractivity contribution in [1.82, 2.24) is 10.3 Å². The van der Waals surface area contributed by atoms with E-state index in [4.69, 9.17) is 4.74 Å².